The summed E-state index contributed by atoms with van der Waals surface area (Å²) in [6.45, 7) is 3.85. The van der Waals surface area contributed by atoms with Crippen LogP contribution in [0.25, 0.3) is 5.69 Å². The number of rotatable bonds is 2. The van der Waals surface area contributed by atoms with Crippen LogP contribution >= 0.6 is 0 Å². The highest BCUT2D eigenvalue weighted by Crippen LogP contribution is 2.44. The van der Waals surface area contributed by atoms with E-state index in [9.17, 15) is 9.65 Å². The van der Waals surface area contributed by atoms with Gasteiger partial charge in [-0.2, -0.15) is 10.4 Å². The van der Waals surface area contributed by atoms with E-state index in [4.69, 9.17) is 10.5 Å². The van der Waals surface area contributed by atoms with Gasteiger partial charge in [0, 0.05) is 0 Å². The minimum Gasteiger partial charge on any atom is -0.422 e. The van der Waals surface area contributed by atoms with Crippen LogP contribution in [0.2, 0.25) is 0 Å². The monoisotopic (exact) mass is 360 g/mol. The smallest absolute Gasteiger partial charge is 0.229 e. The standard InChI is InChI=1S/C21H17FN4O/c1-12-6-8-16(9-7-12)26-21-18(13(2)25-26)19(17(11-23)20(24)27-21)14-4-3-5-15(22)10-14/h3-10,19H,24H2,1-2H3/t19-/m1/s1. The maximum absolute atomic E-state index is 13.9. The van der Waals surface area contributed by atoms with Crippen LogP contribution < -0.4 is 10.5 Å². The lowest BCUT2D eigenvalue weighted by molar-refractivity contribution is 0.367. The molecule has 1 atom stereocenters. The minimum absolute atomic E-state index is 0.00697. The highest BCUT2D eigenvalue weighted by Gasteiger charge is 2.36. The van der Waals surface area contributed by atoms with Crippen LogP contribution in [-0.4, -0.2) is 9.78 Å². The Hall–Kier alpha value is -3.59. The molecule has 6 heteroatoms. The van der Waals surface area contributed by atoms with Crippen molar-refractivity contribution < 1.29 is 9.13 Å². The Balaban J connectivity index is 1.95. The maximum Gasteiger partial charge on any atom is 0.229 e. The van der Waals surface area contributed by atoms with E-state index in [1.165, 1.54) is 12.1 Å². The number of hydrogen-bond acceptors (Lipinski definition) is 4. The first-order chi connectivity index (χ1) is 13.0. The van der Waals surface area contributed by atoms with Gasteiger partial charge in [-0.1, -0.05) is 29.8 Å². The number of nitriles is 1. The lowest BCUT2D eigenvalue weighted by Gasteiger charge is -2.24. The fourth-order valence-electron chi connectivity index (χ4n) is 3.39. The van der Waals surface area contributed by atoms with E-state index in [0.717, 1.165) is 11.3 Å². The summed E-state index contributed by atoms with van der Waals surface area (Å²) in [4.78, 5) is 0. The van der Waals surface area contributed by atoms with Crippen LogP contribution in [0.1, 0.15) is 28.3 Å². The number of ether oxygens (including phenoxy) is 1. The molecule has 0 spiro atoms. The van der Waals surface area contributed by atoms with Gasteiger partial charge in [0.25, 0.3) is 0 Å². The Morgan fingerprint density at radius 3 is 2.59 bits per heavy atom. The van der Waals surface area contributed by atoms with Gasteiger partial charge in [0.2, 0.25) is 11.8 Å². The fourth-order valence-corrected chi connectivity index (χ4v) is 3.39. The Bertz CT molecular complexity index is 1110. The van der Waals surface area contributed by atoms with Crippen LogP contribution in [-0.2, 0) is 0 Å². The average molecular weight is 360 g/mol. The molecule has 0 aliphatic carbocycles. The van der Waals surface area contributed by atoms with Gasteiger partial charge in [0.1, 0.15) is 17.5 Å². The molecule has 2 heterocycles. The summed E-state index contributed by atoms with van der Waals surface area (Å²) in [6, 6.07) is 16.1. The van der Waals surface area contributed by atoms with Crippen LogP contribution in [0.3, 0.4) is 0 Å². The van der Waals surface area contributed by atoms with Crippen molar-refractivity contribution in [3.63, 3.8) is 0 Å². The molecular formula is C21H17FN4O. The number of benzene rings is 2. The van der Waals surface area contributed by atoms with E-state index in [1.807, 2.05) is 38.1 Å². The summed E-state index contributed by atoms with van der Waals surface area (Å²) in [5, 5.41) is 14.2. The zero-order valence-electron chi connectivity index (χ0n) is 14.9. The molecule has 1 aromatic heterocycles. The lowest BCUT2D eigenvalue weighted by Crippen LogP contribution is -2.22. The van der Waals surface area contributed by atoms with Crippen molar-refractivity contribution in [1.29, 1.82) is 5.26 Å². The van der Waals surface area contributed by atoms with Crippen LogP contribution in [0.15, 0.2) is 60.0 Å². The van der Waals surface area contributed by atoms with E-state index in [1.54, 1.807) is 16.8 Å². The van der Waals surface area contributed by atoms with Crippen molar-refractivity contribution in [2.75, 3.05) is 0 Å². The van der Waals surface area contributed by atoms with E-state index < -0.39 is 5.92 Å². The van der Waals surface area contributed by atoms with Gasteiger partial charge >= 0.3 is 0 Å². The largest absolute Gasteiger partial charge is 0.422 e. The third kappa shape index (κ3) is 2.74. The van der Waals surface area contributed by atoms with Gasteiger partial charge in [0.05, 0.1) is 22.9 Å². The third-order valence-corrected chi connectivity index (χ3v) is 4.69. The number of nitrogens with zero attached hydrogens (tertiary/aromatic N) is 3. The summed E-state index contributed by atoms with van der Waals surface area (Å²) in [7, 11) is 0. The number of aryl methyl sites for hydroxylation is 2. The quantitative estimate of drug-likeness (QED) is 0.753. The van der Waals surface area contributed by atoms with Crippen molar-refractivity contribution in [2.24, 2.45) is 5.73 Å². The number of hydrogen-bond donors (Lipinski definition) is 1. The molecule has 0 saturated heterocycles. The summed E-state index contributed by atoms with van der Waals surface area (Å²) >= 11 is 0. The molecule has 0 radical (unpaired) electrons. The molecule has 1 aliphatic rings. The number of halogens is 1. The maximum atomic E-state index is 13.9. The molecular weight excluding hydrogens is 343 g/mol. The molecule has 4 rings (SSSR count). The molecule has 0 bridgehead atoms. The molecule has 1 aliphatic heterocycles. The van der Waals surface area contributed by atoms with Crippen molar-refractivity contribution in [1.82, 2.24) is 9.78 Å². The highest BCUT2D eigenvalue weighted by atomic mass is 19.1. The zero-order valence-corrected chi connectivity index (χ0v) is 14.9. The van der Waals surface area contributed by atoms with Crippen molar-refractivity contribution in [3.8, 4) is 17.6 Å². The van der Waals surface area contributed by atoms with Gasteiger partial charge < -0.3 is 10.5 Å². The van der Waals surface area contributed by atoms with Gasteiger partial charge in [-0.15, -0.1) is 0 Å². The van der Waals surface area contributed by atoms with Crippen molar-refractivity contribution >= 4 is 0 Å². The summed E-state index contributed by atoms with van der Waals surface area (Å²) in [5.41, 5.74) is 10.3. The summed E-state index contributed by atoms with van der Waals surface area (Å²) in [5.74, 6) is -0.455. The number of nitrogens with two attached hydrogens (primary N) is 1. The second-order valence-corrected chi connectivity index (χ2v) is 6.53. The third-order valence-electron chi connectivity index (χ3n) is 4.69. The molecule has 2 aromatic carbocycles. The molecule has 2 N–H and O–H groups in total. The Morgan fingerprint density at radius 2 is 1.93 bits per heavy atom. The van der Waals surface area contributed by atoms with Crippen molar-refractivity contribution in [2.45, 2.75) is 19.8 Å². The number of fused-ring (bicyclic) bond motifs is 1. The Kier molecular flexibility index (Phi) is 3.93. The first-order valence-electron chi connectivity index (χ1n) is 8.49. The normalized spacial score (nSPS) is 15.9. The molecule has 5 nitrogen and oxygen atoms in total. The topological polar surface area (TPSA) is 76.9 Å². The van der Waals surface area contributed by atoms with Gasteiger partial charge in [-0.05, 0) is 43.7 Å². The van der Waals surface area contributed by atoms with E-state index in [0.29, 0.717) is 22.7 Å². The zero-order chi connectivity index (χ0) is 19.1. The average Bonchev–Trinajstić information content (AvgIpc) is 2.97. The van der Waals surface area contributed by atoms with Crippen LogP contribution in [0, 0.1) is 31.0 Å². The summed E-state index contributed by atoms with van der Waals surface area (Å²) in [6.07, 6.45) is 0. The van der Waals surface area contributed by atoms with Crippen LogP contribution in [0.4, 0.5) is 4.39 Å². The van der Waals surface area contributed by atoms with Crippen molar-refractivity contribution in [3.05, 3.63) is 88.2 Å². The second-order valence-electron chi connectivity index (χ2n) is 6.53. The van der Waals surface area contributed by atoms with Gasteiger partial charge in [-0.3, -0.25) is 0 Å². The van der Waals surface area contributed by atoms with Gasteiger partial charge in [-0.25, -0.2) is 9.07 Å². The molecule has 0 unspecified atom stereocenters. The first-order valence-corrected chi connectivity index (χ1v) is 8.49. The molecule has 3 aromatic rings. The summed E-state index contributed by atoms with van der Waals surface area (Å²) < 4.78 is 21.3. The Morgan fingerprint density at radius 1 is 1.19 bits per heavy atom. The molecule has 0 saturated carbocycles. The second kappa shape index (κ2) is 6.29. The van der Waals surface area contributed by atoms with Crippen LogP contribution in [0.5, 0.6) is 5.88 Å². The fraction of sp³-hybridized carbons (Fsp3) is 0.143. The predicted octanol–water partition coefficient (Wildman–Crippen LogP) is 3.85. The minimum atomic E-state index is -0.534. The molecule has 134 valence electrons. The number of aromatic nitrogens is 2. The molecule has 27 heavy (non-hydrogen) atoms. The van der Waals surface area contributed by atoms with E-state index in [2.05, 4.69) is 11.2 Å². The van der Waals surface area contributed by atoms with E-state index in [-0.39, 0.29) is 17.3 Å². The lowest BCUT2D eigenvalue weighted by atomic mass is 9.84. The van der Waals surface area contributed by atoms with Gasteiger partial charge in [0.15, 0.2) is 0 Å². The number of allylic oxidation sites excluding steroid dienone is 1. The molecule has 0 amide bonds. The molecule has 0 fully saturated rings. The van der Waals surface area contributed by atoms with E-state index >= 15 is 0 Å². The Labute approximate surface area is 156 Å². The first kappa shape index (κ1) is 16.9. The SMILES string of the molecule is Cc1ccc(-n2nc(C)c3c2OC(N)=C(C#N)[C@H]3c2cccc(F)c2)cc1. The predicted molar refractivity (Wildman–Crippen MR) is 98.7 cm³/mol. The highest BCUT2D eigenvalue weighted by molar-refractivity contribution is 5.57.